The Morgan fingerprint density at radius 3 is 1.55 bits per heavy atom. The highest BCUT2D eigenvalue weighted by Gasteiger charge is 1.96. The number of benzene rings is 2. The summed E-state index contributed by atoms with van der Waals surface area (Å²) in [6, 6.07) is 15.2. The van der Waals surface area contributed by atoms with Gasteiger partial charge in [0.25, 0.3) is 0 Å². The van der Waals surface area contributed by atoms with Crippen molar-refractivity contribution in [2.45, 2.75) is 26.7 Å². The Kier molecular flexibility index (Phi) is 10.1. The predicted molar refractivity (Wildman–Crippen MR) is 119 cm³/mol. The van der Waals surface area contributed by atoms with Crippen LogP contribution in [0.2, 0.25) is 0 Å². The van der Waals surface area contributed by atoms with Crippen molar-refractivity contribution < 1.29 is 9.47 Å². The van der Waals surface area contributed by atoms with Crippen LogP contribution in [0, 0.1) is 0 Å². The van der Waals surface area contributed by atoms with E-state index < -0.39 is 0 Å². The molecule has 0 fully saturated rings. The standard InChI is InChI=1S/C21H26ClN5O2/c1-3-13-28-19-9-5-17(6-10-19)15-23-26-21(25-22)27-24-16-18-7-11-20(12-8-18)29-14-4-2/h5-12,15-16H,3-4,13-14H2,1-2H3,(H2,25,26,27)/b23-15+,24-16+. The fraction of sp³-hybridized carbons (Fsp3) is 0.286. The maximum atomic E-state index is 5.55. The number of ether oxygens (including phenoxy) is 2. The van der Waals surface area contributed by atoms with Gasteiger partial charge in [-0.25, -0.2) is 10.9 Å². The van der Waals surface area contributed by atoms with Gasteiger partial charge in [0, 0.05) is 11.8 Å². The van der Waals surface area contributed by atoms with E-state index in [1.54, 1.807) is 12.4 Å². The number of hydrogen-bond donors (Lipinski definition) is 2. The average Bonchev–Trinajstić information content (AvgIpc) is 2.77. The molecular formula is C21H26ClN5O2. The number of hydrazone groups is 2. The fourth-order valence-electron chi connectivity index (χ4n) is 2.14. The lowest BCUT2D eigenvalue weighted by atomic mass is 10.2. The van der Waals surface area contributed by atoms with Gasteiger partial charge in [0.15, 0.2) is 0 Å². The monoisotopic (exact) mass is 415 g/mol. The molecule has 0 unspecified atom stereocenters. The van der Waals surface area contributed by atoms with Crippen molar-refractivity contribution in [3.8, 4) is 11.5 Å². The second-order valence-electron chi connectivity index (χ2n) is 6.01. The Balaban J connectivity index is 1.79. The van der Waals surface area contributed by atoms with Crippen molar-refractivity contribution >= 4 is 30.2 Å². The molecule has 2 N–H and O–H groups in total. The summed E-state index contributed by atoms with van der Waals surface area (Å²) in [7, 11) is 0. The van der Waals surface area contributed by atoms with Crippen molar-refractivity contribution in [1.82, 2.24) is 10.9 Å². The molecule has 0 aliphatic rings. The van der Waals surface area contributed by atoms with Gasteiger partial charge in [-0.15, -0.1) is 4.51 Å². The molecule has 0 aliphatic carbocycles. The van der Waals surface area contributed by atoms with Crippen LogP contribution in [-0.2, 0) is 0 Å². The van der Waals surface area contributed by atoms with Gasteiger partial charge in [0.05, 0.1) is 25.6 Å². The minimum atomic E-state index is 0.199. The highest BCUT2D eigenvalue weighted by Crippen LogP contribution is 2.12. The molecule has 2 rings (SSSR count). The van der Waals surface area contributed by atoms with Crippen LogP contribution in [0.3, 0.4) is 0 Å². The molecule has 154 valence electrons. The van der Waals surface area contributed by atoms with Crippen LogP contribution in [0.4, 0.5) is 0 Å². The Hall–Kier alpha value is -3.06. The summed E-state index contributed by atoms with van der Waals surface area (Å²) in [6.07, 6.45) is 5.24. The van der Waals surface area contributed by atoms with Gasteiger partial charge in [0.1, 0.15) is 11.5 Å². The topological polar surface area (TPSA) is 79.6 Å². The maximum absolute atomic E-state index is 5.55. The third-order valence-electron chi connectivity index (χ3n) is 3.56. The lowest BCUT2D eigenvalue weighted by Crippen LogP contribution is -2.30. The summed E-state index contributed by atoms with van der Waals surface area (Å²) < 4.78 is 14.6. The molecule has 0 amide bonds. The van der Waals surface area contributed by atoms with E-state index in [1.165, 1.54) is 0 Å². The van der Waals surface area contributed by atoms with E-state index in [0.29, 0.717) is 13.2 Å². The van der Waals surface area contributed by atoms with E-state index in [-0.39, 0.29) is 5.96 Å². The molecule has 29 heavy (non-hydrogen) atoms. The molecule has 2 aromatic carbocycles. The maximum Gasteiger partial charge on any atom is 0.250 e. The quantitative estimate of drug-likeness (QED) is 0.344. The lowest BCUT2D eigenvalue weighted by Gasteiger charge is -2.05. The van der Waals surface area contributed by atoms with Crippen molar-refractivity contribution in [2.24, 2.45) is 14.7 Å². The van der Waals surface area contributed by atoms with Crippen LogP contribution >= 0.6 is 11.8 Å². The zero-order valence-corrected chi connectivity index (χ0v) is 17.4. The minimum absolute atomic E-state index is 0.199. The minimum Gasteiger partial charge on any atom is -0.494 e. The van der Waals surface area contributed by atoms with Gasteiger partial charge in [-0.2, -0.15) is 10.2 Å². The van der Waals surface area contributed by atoms with E-state index in [4.69, 9.17) is 21.3 Å². The van der Waals surface area contributed by atoms with Crippen LogP contribution in [0.1, 0.15) is 37.8 Å². The lowest BCUT2D eigenvalue weighted by molar-refractivity contribution is 0.317. The Labute approximate surface area is 176 Å². The summed E-state index contributed by atoms with van der Waals surface area (Å²) in [6.45, 7) is 5.54. The summed E-state index contributed by atoms with van der Waals surface area (Å²) >= 11 is 5.55. The Bertz CT molecular complexity index is 739. The molecule has 0 radical (unpaired) electrons. The van der Waals surface area contributed by atoms with Crippen molar-refractivity contribution in [2.75, 3.05) is 13.2 Å². The smallest absolute Gasteiger partial charge is 0.250 e. The second-order valence-corrected chi connectivity index (χ2v) is 6.18. The first-order valence-corrected chi connectivity index (χ1v) is 9.81. The van der Waals surface area contributed by atoms with E-state index in [1.807, 2.05) is 48.5 Å². The molecular weight excluding hydrogens is 390 g/mol. The number of rotatable bonds is 10. The fourth-order valence-corrected chi connectivity index (χ4v) is 2.21. The van der Waals surface area contributed by atoms with E-state index >= 15 is 0 Å². The molecule has 0 atom stereocenters. The third kappa shape index (κ3) is 8.66. The highest BCUT2D eigenvalue weighted by atomic mass is 35.5. The van der Waals surface area contributed by atoms with Crippen molar-refractivity contribution in [3.05, 3.63) is 59.7 Å². The van der Waals surface area contributed by atoms with Gasteiger partial charge >= 0.3 is 0 Å². The first kappa shape index (κ1) is 22.2. The number of halogens is 1. The number of nitrogens with zero attached hydrogens (tertiary/aromatic N) is 3. The Morgan fingerprint density at radius 2 is 1.21 bits per heavy atom. The number of hydrogen-bond acceptors (Lipinski definition) is 5. The van der Waals surface area contributed by atoms with Crippen LogP contribution in [0.25, 0.3) is 0 Å². The number of nitrogens with one attached hydrogen (secondary N) is 2. The van der Waals surface area contributed by atoms with E-state index in [9.17, 15) is 0 Å². The molecule has 0 aliphatic heterocycles. The number of guanidine groups is 1. The van der Waals surface area contributed by atoms with Crippen molar-refractivity contribution in [1.29, 1.82) is 0 Å². The highest BCUT2D eigenvalue weighted by molar-refractivity contribution is 6.19. The summed E-state index contributed by atoms with van der Waals surface area (Å²) in [5.41, 5.74) is 7.21. The summed E-state index contributed by atoms with van der Waals surface area (Å²) in [5, 5.41) is 8.17. The molecule has 2 aromatic rings. The Morgan fingerprint density at radius 1 is 0.793 bits per heavy atom. The van der Waals surface area contributed by atoms with Gasteiger partial charge in [0.2, 0.25) is 5.96 Å². The molecule has 7 nitrogen and oxygen atoms in total. The molecule has 0 aromatic heterocycles. The van der Waals surface area contributed by atoms with E-state index in [0.717, 1.165) is 35.5 Å². The average molecular weight is 416 g/mol. The van der Waals surface area contributed by atoms with Crippen LogP contribution in [0.5, 0.6) is 11.5 Å². The normalized spacial score (nSPS) is 10.9. The van der Waals surface area contributed by atoms with Gasteiger partial charge in [-0.05, 0) is 72.5 Å². The van der Waals surface area contributed by atoms with Crippen LogP contribution in [-0.4, -0.2) is 31.6 Å². The SMILES string of the molecule is CCCOc1ccc(/C=N/NC(=NCl)N/N=C/c2ccc(OCCC)cc2)cc1. The molecule has 8 heteroatoms. The predicted octanol–water partition coefficient (Wildman–Crippen LogP) is 4.32. The second kappa shape index (κ2) is 13.2. The zero-order valence-electron chi connectivity index (χ0n) is 16.6. The molecule has 0 heterocycles. The van der Waals surface area contributed by atoms with Crippen LogP contribution in [0.15, 0.2) is 63.2 Å². The van der Waals surface area contributed by atoms with Gasteiger partial charge in [-0.3, -0.25) is 0 Å². The largest absolute Gasteiger partial charge is 0.494 e. The molecule has 0 saturated heterocycles. The van der Waals surface area contributed by atoms with Gasteiger partial charge < -0.3 is 9.47 Å². The van der Waals surface area contributed by atoms with Crippen molar-refractivity contribution in [3.63, 3.8) is 0 Å². The van der Waals surface area contributed by atoms with Crippen LogP contribution < -0.4 is 20.3 Å². The van der Waals surface area contributed by atoms with E-state index in [2.05, 4.69) is 39.4 Å². The molecule has 0 spiro atoms. The van der Waals surface area contributed by atoms with Gasteiger partial charge in [-0.1, -0.05) is 13.8 Å². The molecule has 0 saturated carbocycles. The molecule has 0 bridgehead atoms. The summed E-state index contributed by atoms with van der Waals surface area (Å²) in [5.74, 6) is 1.87. The zero-order chi connectivity index (χ0) is 20.7. The first-order valence-electron chi connectivity index (χ1n) is 9.48. The third-order valence-corrected chi connectivity index (χ3v) is 3.73. The first-order chi connectivity index (χ1) is 14.2. The summed E-state index contributed by atoms with van der Waals surface area (Å²) in [4.78, 5) is 0.